The maximum Gasteiger partial charge on any atom is 0.243 e. The summed E-state index contributed by atoms with van der Waals surface area (Å²) in [6, 6.07) is 13.5. The van der Waals surface area contributed by atoms with Gasteiger partial charge in [0.25, 0.3) is 0 Å². The fraction of sp³-hybridized carbons (Fsp3) is 0.125. The van der Waals surface area contributed by atoms with Crippen molar-refractivity contribution in [2.24, 2.45) is 9.98 Å². The predicted octanol–water partition coefficient (Wildman–Crippen LogP) is 3.03. The Hall–Kier alpha value is -2.89. The summed E-state index contributed by atoms with van der Waals surface area (Å²) in [5, 5.41) is 10.7. The first-order valence-electron chi connectivity index (χ1n) is 6.72. The van der Waals surface area contributed by atoms with Crippen LogP contribution >= 0.6 is 0 Å². The predicted molar refractivity (Wildman–Crippen MR) is 82.3 cm³/mol. The van der Waals surface area contributed by atoms with E-state index >= 15 is 0 Å². The van der Waals surface area contributed by atoms with Crippen molar-refractivity contribution in [2.45, 2.75) is 0 Å². The standard InChI is InChI=1S/C16H12FN3O2/c17-14-7-3-1-5-12(14)16-13-6-2-4-8-15(13)19-11(9-18-16)10-20(21)22/h1-8H,9-10H2. The summed E-state index contributed by atoms with van der Waals surface area (Å²) < 4.78 is 14.1. The molecule has 0 spiro atoms. The molecule has 0 N–H and O–H groups in total. The van der Waals surface area contributed by atoms with Crippen LogP contribution in [0.1, 0.15) is 11.1 Å². The van der Waals surface area contributed by atoms with Crippen LogP contribution in [0.4, 0.5) is 10.1 Å². The number of benzene rings is 2. The number of rotatable bonds is 3. The second-order valence-corrected chi connectivity index (χ2v) is 4.83. The SMILES string of the molecule is O=[N+]([O-])CC1=Nc2ccccc2C(c2ccccc2F)=NC1. The zero-order valence-electron chi connectivity index (χ0n) is 11.6. The summed E-state index contributed by atoms with van der Waals surface area (Å²) in [6.07, 6.45) is 0. The van der Waals surface area contributed by atoms with Gasteiger partial charge < -0.3 is 0 Å². The molecule has 0 fully saturated rings. The summed E-state index contributed by atoms with van der Waals surface area (Å²) in [5.41, 5.74) is 2.43. The van der Waals surface area contributed by atoms with Crippen LogP contribution in [0.5, 0.6) is 0 Å². The van der Waals surface area contributed by atoms with Crippen LogP contribution in [0.2, 0.25) is 0 Å². The van der Waals surface area contributed by atoms with Crippen molar-refractivity contribution >= 4 is 17.1 Å². The van der Waals surface area contributed by atoms with Gasteiger partial charge in [0.15, 0.2) is 0 Å². The molecule has 110 valence electrons. The third-order valence-electron chi connectivity index (χ3n) is 3.30. The Bertz CT molecular complexity index is 799. The van der Waals surface area contributed by atoms with Crippen LogP contribution in [0.25, 0.3) is 0 Å². The average molecular weight is 297 g/mol. The number of fused-ring (bicyclic) bond motifs is 1. The summed E-state index contributed by atoms with van der Waals surface area (Å²) in [5.74, 6) is -0.381. The third-order valence-corrected chi connectivity index (χ3v) is 3.30. The van der Waals surface area contributed by atoms with Crippen LogP contribution in [-0.4, -0.2) is 29.4 Å². The Morgan fingerprint density at radius 1 is 1.09 bits per heavy atom. The molecular formula is C16H12FN3O2. The molecule has 6 heteroatoms. The molecule has 0 bridgehead atoms. The fourth-order valence-corrected chi connectivity index (χ4v) is 2.35. The Balaban J connectivity index is 2.13. The van der Waals surface area contributed by atoms with Crippen LogP contribution in [-0.2, 0) is 0 Å². The number of aliphatic imine (C=N–C) groups is 2. The smallest absolute Gasteiger partial charge is 0.243 e. The highest BCUT2D eigenvalue weighted by molar-refractivity contribution is 6.17. The van der Waals surface area contributed by atoms with E-state index in [0.717, 1.165) is 0 Å². The molecule has 2 aromatic rings. The lowest BCUT2D eigenvalue weighted by atomic mass is 10.0. The molecule has 0 unspecified atom stereocenters. The first-order chi connectivity index (χ1) is 10.6. The number of nitro groups is 1. The van der Waals surface area contributed by atoms with E-state index in [1.54, 1.807) is 36.4 Å². The van der Waals surface area contributed by atoms with Gasteiger partial charge in [0.1, 0.15) is 11.5 Å². The van der Waals surface area contributed by atoms with Gasteiger partial charge in [-0.3, -0.25) is 15.1 Å². The molecule has 0 saturated carbocycles. The average Bonchev–Trinajstić information content (AvgIpc) is 2.66. The normalized spacial score (nSPS) is 13.7. The van der Waals surface area contributed by atoms with Gasteiger partial charge in [-0.1, -0.05) is 30.3 Å². The summed E-state index contributed by atoms with van der Waals surface area (Å²) in [7, 11) is 0. The van der Waals surface area contributed by atoms with E-state index in [9.17, 15) is 14.5 Å². The van der Waals surface area contributed by atoms with Gasteiger partial charge in [-0.25, -0.2) is 9.38 Å². The molecule has 0 aliphatic carbocycles. The molecule has 0 aromatic heterocycles. The van der Waals surface area contributed by atoms with Gasteiger partial charge in [0.05, 0.1) is 17.9 Å². The first kappa shape index (κ1) is 14.1. The molecule has 0 saturated heterocycles. The highest BCUT2D eigenvalue weighted by atomic mass is 19.1. The Labute approximate surface area is 126 Å². The minimum atomic E-state index is -0.439. The lowest BCUT2D eigenvalue weighted by Crippen LogP contribution is -2.16. The van der Waals surface area contributed by atoms with Crippen molar-refractivity contribution < 1.29 is 9.31 Å². The van der Waals surface area contributed by atoms with Crippen molar-refractivity contribution in [1.82, 2.24) is 0 Å². The van der Waals surface area contributed by atoms with Crippen molar-refractivity contribution in [2.75, 3.05) is 13.1 Å². The Kier molecular flexibility index (Phi) is 3.74. The molecule has 3 rings (SSSR count). The third kappa shape index (κ3) is 2.76. The van der Waals surface area contributed by atoms with Crippen LogP contribution in [0.15, 0.2) is 58.5 Å². The number of halogens is 1. The maximum absolute atomic E-state index is 14.1. The van der Waals surface area contributed by atoms with E-state index in [2.05, 4.69) is 9.98 Å². The summed E-state index contributed by atoms with van der Waals surface area (Å²) in [4.78, 5) is 19.0. The van der Waals surface area contributed by atoms with Gasteiger partial charge in [-0.15, -0.1) is 0 Å². The number of hydrogen-bond acceptors (Lipinski definition) is 4. The number of hydrogen-bond donors (Lipinski definition) is 0. The first-order valence-corrected chi connectivity index (χ1v) is 6.72. The topological polar surface area (TPSA) is 67.9 Å². The minimum Gasteiger partial charge on any atom is -0.278 e. The summed E-state index contributed by atoms with van der Waals surface area (Å²) >= 11 is 0. The van der Waals surface area contributed by atoms with Crippen molar-refractivity contribution in [3.05, 3.63) is 75.6 Å². The quantitative estimate of drug-likeness (QED) is 0.645. The van der Waals surface area contributed by atoms with Gasteiger partial charge >= 0.3 is 0 Å². The second-order valence-electron chi connectivity index (χ2n) is 4.83. The van der Waals surface area contributed by atoms with E-state index in [1.807, 2.05) is 6.07 Å². The van der Waals surface area contributed by atoms with Gasteiger partial charge in [-0.05, 0) is 18.2 Å². The Morgan fingerprint density at radius 3 is 2.50 bits per heavy atom. The lowest BCUT2D eigenvalue weighted by molar-refractivity contribution is -0.463. The fourth-order valence-electron chi connectivity index (χ4n) is 2.35. The molecule has 2 aromatic carbocycles. The molecule has 1 heterocycles. The van der Waals surface area contributed by atoms with E-state index in [0.29, 0.717) is 28.2 Å². The van der Waals surface area contributed by atoms with E-state index in [1.165, 1.54) is 6.07 Å². The molecule has 0 atom stereocenters. The molecule has 0 amide bonds. The second kappa shape index (κ2) is 5.85. The highest BCUT2D eigenvalue weighted by Crippen LogP contribution is 2.26. The van der Waals surface area contributed by atoms with E-state index in [-0.39, 0.29) is 18.9 Å². The van der Waals surface area contributed by atoms with Crippen molar-refractivity contribution in [1.29, 1.82) is 0 Å². The van der Waals surface area contributed by atoms with Gasteiger partial charge in [0.2, 0.25) is 6.54 Å². The molecule has 0 radical (unpaired) electrons. The van der Waals surface area contributed by atoms with Gasteiger partial charge in [-0.2, -0.15) is 0 Å². The van der Waals surface area contributed by atoms with E-state index < -0.39 is 4.92 Å². The zero-order valence-corrected chi connectivity index (χ0v) is 11.6. The maximum atomic E-state index is 14.1. The monoisotopic (exact) mass is 297 g/mol. The van der Waals surface area contributed by atoms with Crippen LogP contribution in [0, 0.1) is 15.9 Å². The summed E-state index contributed by atoms with van der Waals surface area (Å²) in [6.45, 7) is -0.290. The number of para-hydroxylation sites is 1. The van der Waals surface area contributed by atoms with E-state index in [4.69, 9.17) is 0 Å². The molecular weight excluding hydrogens is 285 g/mol. The van der Waals surface area contributed by atoms with Crippen LogP contribution < -0.4 is 0 Å². The largest absolute Gasteiger partial charge is 0.278 e. The zero-order chi connectivity index (χ0) is 15.5. The minimum absolute atomic E-state index is 0.0827. The molecule has 1 aliphatic heterocycles. The van der Waals surface area contributed by atoms with Crippen molar-refractivity contribution in [3.63, 3.8) is 0 Å². The number of nitrogens with zero attached hydrogens (tertiary/aromatic N) is 3. The molecule has 1 aliphatic rings. The van der Waals surface area contributed by atoms with Crippen LogP contribution in [0.3, 0.4) is 0 Å². The van der Waals surface area contributed by atoms with Gasteiger partial charge in [0, 0.05) is 16.1 Å². The van der Waals surface area contributed by atoms with Crippen molar-refractivity contribution in [3.8, 4) is 0 Å². The highest BCUT2D eigenvalue weighted by Gasteiger charge is 2.19. The lowest BCUT2D eigenvalue weighted by Gasteiger charge is -2.08. The Morgan fingerprint density at radius 2 is 1.77 bits per heavy atom. The molecule has 22 heavy (non-hydrogen) atoms. The molecule has 5 nitrogen and oxygen atoms in total.